The zero-order valence-corrected chi connectivity index (χ0v) is 19.4. The minimum atomic E-state index is -1.78. The van der Waals surface area contributed by atoms with Crippen molar-refractivity contribution in [3.8, 4) is 0 Å². The highest BCUT2D eigenvalue weighted by Gasteiger charge is 2.32. The van der Waals surface area contributed by atoms with Crippen LogP contribution in [0.15, 0.2) is 30.3 Å². The van der Waals surface area contributed by atoms with Crippen molar-refractivity contribution in [3.63, 3.8) is 0 Å². The molecule has 1 rings (SSSR count). The van der Waals surface area contributed by atoms with Gasteiger partial charge in [0.2, 0.25) is 17.7 Å². The number of aliphatic hydroxyl groups is 1. The third-order valence-electron chi connectivity index (χ3n) is 5.01. The predicted molar refractivity (Wildman–Crippen MR) is 122 cm³/mol. The molecule has 5 atom stereocenters. The summed E-state index contributed by atoms with van der Waals surface area (Å²) in [5, 5.41) is 43.3. The molecule has 3 amide bonds. The van der Waals surface area contributed by atoms with Gasteiger partial charge in [-0.15, -0.1) is 0 Å². The van der Waals surface area contributed by atoms with E-state index in [4.69, 9.17) is 15.9 Å². The van der Waals surface area contributed by atoms with E-state index in [1.54, 1.807) is 30.3 Å². The maximum absolute atomic E-state index is 13.0. The number of nitrogens with one attached hydrogen (secondary N) is 3. The fourth-order valence-electron chi connectivity index (χ4n) is 3.00. The smallest absolute Gasteiger partial charge is 0.326 e. The Hall–Kier alpha value is -4.04. The van der Waals surface area contributed by atoms with E-state index >= 15 is 0 Å². The van der Waals surface area contributed by atoms with Gasteiger partial charge in [0.15, 0.2) is 0 Å². The van der Waals surface area contributed by atoms with Gasteiger partial charge >= 0.3 is 17.9 Å². The summed E-state index contributed by atoms with van der Waals surface area (Å²) in [6.45, 7) is 1.24. The van der Waals surface area contributed by atoms with Gasteiger partial charge in [-0.1, -0.05) is 30.3 Å². The Morgan fingerprint density at radius 1 is 0.806 bits per heavy atom. The summed E-state index contributed by atoms with van der Waals surface area (Å²) in [5.74, 6) is -7.26. The topological polar surface area (TPSA) is 245 Å². The van der Waals surface area contributed by atoms with Gasteiger partial charge in [-0.3, -0.25) is 24.0 Å². The molecule has 9 N–H and O–H groups in total. The number of carboxylic acid groups (broad SMARTS) is 3. The van der Waals surface area contributed by atoms with Gasteiger partial charge in [-0.2, -0.15) is 0 Å². The molecule has 1 aromatic rings. The van der Waals surface area contributed by atoms with Gasteiger partial charge in [-0.25, -0.2) is 4.79 Å². The number of aliphatic carboxylic acids is 3. The molecule has 0 aliphatic carbocycles. The number of carbonyl (C=O) groups is 6. The number of carboxylic acids is 3. The van der Waals surface area contributed by atoms with Gasteiger partial charge in [0.05, 0.1) is 12.5 Å². The van der Waals surface area contributed by atoms with E-state index in [1.807, 2.05) is 0 Å². The Kier molecular flexibility index (Phi) is 12.0. The number of rotatable bonds is 15. The van der Waals surface area contributed by atoms with Crippen LogP contribution in [0.4, 0.5) is 0 Å². The molecule has 0 heterocycles. The molecule has 14 nitrogen and oxygen atoms in total. The number of aliphatic hydroxyl groups excluding tert-OH is 1. The van der Waals surface area contributed by atoms with Gasteiger partial charge in [0.1, 0.15) is 24.2 Å². The second-order valence-electron chi connectivity index (χ2n) is 8.01. The Morgan fingerprint density at radius 2 is 1.33 bits per heavy atom. The van der Waals surface area contributed by atoms with E-state index in [-0.39, 0.29) is 12.8 Å². The van der Waals surface area contributed by atoms with Crippen LogP contribution in [0.1, 0.15) is 31.7 Å². The zero-order valence-electron chi connectivity index (χ0n) is 19.4. The SMILES string of the molecule is CC(O)C(N)C(=O)NC(CCC(=O)O)C(=O)NC(Cc1ccccc1)C(=O)NC(CC(=O)O)C(=O)O. The minimum absolute atomic E-state index is 0.134. The number of amides is 3. The molecule has 0 aliphatic rings. The fourth-order valence-corrected chi connectivity index (χ4v) is 3.00. The summed E-state index contributed by atoms with van der Waals surface area (Å²) in [6, 6.07) is 2.20. The lowest BCUT2D eigenvalue weighted by atomic mass is 10.0. The van der Waals surface area contributed by atoms with Crippen LogP contribution in [0.5, 0.6) is 0 Å². The first kappa shape index (κ1) is 30.0. The normalized spacial score (nSPS) is 14.9. The van der Waals surface area contributed by atoms with Crippen molar-refractivity contribution in [1.29, 1.82) is 0 Å². The van der Waals surface area contributed by atoms with Crippen LogP contribution in [0.2, 0.25) is 0 Å². The molecule has 0 bridgehead atoms. The van der Waals surface area contributed by atoms with Crippen molar-refractivity contribution < 1.29 is 49.2 Å². The molecular weight excluding hydrogens is 480 g/mol. The van der Waals surface area contributed by atoms with Crippen LogP contribution in [-0.2, 0) is 35.2 Å². The monoisotopic (exact) mass is 510 g/mol. The van der Waals surface area contributed by atoms with Crippen molar-refractivity contribution >= 4 is 35.6 Å². The first-order chi connectivity index (χ1) is 16.8. The van der Waals surface area contributed by atoms with Crippen molar-refractivity contribution in [2.75, 3.05) is 0 Å². The van der Waals surface area contributed by atoms with E-state index in [1.165, 1.54) is 6.92 Å². The maximum Gasteiger partial charge on any atom is 0.326 e. The molecule has 14 heteroatoms. The molecule has 0 saturated carbocycles. The summed E-state index contributed by atoms with van der Waals surface area (Å²) in [6.07, 6.45) is -3.23. The third-order valence-corrected chi connectivity index (χ3v) is 5.01. The number of hydrogen-bond acceptors (Lipinski definition) is 8. The molecule has 36 heavy (non-hydrogen) atoms. The predicted octanol–water partition coefficient (Wildman–Crippen LogP) is -2.18. The Labute approximate surface area is 205 Å². The summed E-state index contributed by atoms with van der Waals surface area (Å²) < 4.78 is 0. The van der Waals surface area contributed by atoms with Crippen LogP contribution in [0.3, 0.4) is 0 Å². The maximum atomic E-state index is 13.0. The lowest BCUT2D eigenvalue weighted by molar-refractivity contribution is -0.147. The Balaban J connectivity index is 3.16. The molecule has 0 aromatic heterocycles. The molecule has 5 unspecified atom stereocenters. The second kappa shape index (κ2) is 14.4. The molecule has 0 saturated heterocycles. The lowest BCUT2D eigenvalue weighted by Crippen LogP contribution is -2.58. The standard InChI is InChI=1S/C22H30N4O10/c1-11(27)18(23)21(34)24-13(7-8-16(28)29)19(32)25-14(9-12-5-3-2-4-6-12)20(33)26-15(22(35)36)10-17(30)31/h2-6,11,13-15,18,27H,7-10,23H2,1H3,(H,24,34)(H,25,32)(H,26,33)(H,28,29)(H,30,31)(H,35,36). The average Bonchev–Trinajstić information content (AvgIpc) is 2.80. The zero-order chi connectivity index (χ0) is 27.4. The summed E-state index contributed by atoms with van der Waals surface area (Å²) in [5.41, 5.74) is 6.12. The van der Waals surface area contributed by atoms with Gasteiger partial charge in [0.25, 0.3) is 0 Å². The van der Waals surface area contributed by atoms with Crippen LogP contribution < -0.4 is 21.7 Å². The highest BCUT2D eigenvalue weighted by molar-refractivity contribution is 5.95. The Bertz CT molecular complexity index is 953. The summed E-state index contributed by atoms with van der Waals surface area (Å²) in [7, 11) is 0. The van der Waals surface area contributed by atoms with Crippen LogP contribution in [0.25, 0.3) is 0 Å². The number of hydrogen-bond donors (Lipinski definition) is 8. The van der Waals surface area contributed by atoms with Gasteiger partial charge < -0.3 is 42.1 Å². The number of carbonyl (C=O) groups excluding carboxylic acids is 3. The van der Waals surface area contributed by atoms with Crippen LogP contribution >= 0.6 is 0 Å². The molecule has 198 valence electrons. The van der Waals surface area contributed by atoms with Crippen molar-refractivity contribution in [3.05, 3.63) is 35.9 Å². The molecule has 0 radical (unpaired) electrons. The lowest BCUT2D eigenvalue weighted by Gasteiger charge is -2.25. The highest BCUT2D eigenvalue weighted by atomic mass is 16.4. The fraction of sp³-hybridized carbons (Fsp3) is 0.455. The first-order valence-corrected chi connectivity index (χ1v) is 10.9. The second-order valence-corrected chi connectivity index (χ2v) is 8.01. The van der Waals surface area contributed by atoms with E-state index in [0.29, 0.717) is 5.56 Å². The minimum Gasteiger partial charge on any atom is -0.481 e. The number of nitrogens with two attached hydrogens (primary N) is 1. The van der Waals surface area contributed by atoms with E-state index < -0.39 is 78.7 Å². The van der Waals surface area contributed by atoms with Crippen molar-refractivity contribution in [2.45, 2.75) is 62.9 Å². The largest absolute Gasteiger partial charge is 0.481 e. The van der Waals surface area contributed by atoms with Gasteiger partial charge in [0, 0.05) is 12.8 Å². The molecular formula is C22H30N4O10. The van der Waals surface area contributed by atoms with Crippen LogP contribution in [-0.4, -0.2) is 86.3 Å². The van der Waals surface area contributed by atoms with Gasteiger partial charge in [-0.05, 0) is 18.9 Å². The summed E-state index contributed by atoms with van der Waals surface area (Å²) in [4.78, 5) is 71.4. The van der Waals surface area contributed by atoms with E-state index in [9.17, 15) is 39.0 Å². The van der Waals surface area contributed by atoms with Crippen molar-refractivity contribution in [1.82, 2.24) is 16.0 Å². The third kappa shape index (κ3) is 10.5. The Morgan fingerprint density at radius 3 is 1.83 bits per heavy atom. The molecule has 1 aromatic carbocycles. The number of benzene rings is 1. The van der Waals surface area contributed by atoms with Crippen molar-refractivity contribution in [2.24, 2.45) is 5.73 Å². The molecule has 0 spiro atoms. The quantitative estimate of drug-likeness (QED) is 0.126. The van der Waals surface area contributed by atoms with Crippen LogP contribution in [0, 0.1) is 0 Å². The van der Waals surface area contributed by atoms with E-state index in [2.05, 4.69) is 16.0 Å². The summed E-state index contributed by atoms with van der Waals surface area (Å²) >= 11 is 0. The molecule has 0 aliphatic heterocycles. The molecule has 0 fully saturated rings. The highest BCUT2D eigenvalue weighted by Crippen LogP contribution is 2.07. The van der Waals surface area contributed by atoms with E-state index in [0.717, 1.165) is 0 Å². The average molecular weight is 511 g/mol. The first-order valence-electron chi connectivity index (χ1n) is 10.9.